The number of nitriles is 2. The van der Waals surface area contributed by atoms with E-state index < -0.39 is 0 Å². The van der Waals surface area contributed by atoms with Crippen molar-refractivity contribution < 1.29 is 14.2 Å². The minimum atomic E-state index is 0.545. The molecular formula is C41H31BrN6O3. The lowest BCUT2D eigenvalue weighted by Gasteiger charge is -2.14. The van der Waals surface area contributed by atoms with Crippen molar-refractivity contribution >= 4 is 61.0 Å². The normalized spacial score (nSPS) is 11.3. The molecule has 0 amide bonds. The van der Waals surface area contributed by atoms with Gasteiger partial charge in [-0.15, -0.1) is 0 Å². The number of nitrogens with zero attached hydrogens (tertiary/aromatic N) is 4. The highest BCUT2D eigenvalue weighted by Gasteiger charge is 2.16. The van der Waals surface area contributed by atoms with Crippen LogP contribution < -0.4 is 14.2 Å². The van der Waals surface area contributed by atoms with E-state index in [1.165, 1.54) is 0 Å². The zero-order chi connectivity index (χ0) is 35.7. The van der Waals surface area contributed by atoms with Gasteiger partial charge in [0, 0.05) is 74.6 Å². The van der Waals surface area contributed by atoms with E-state index >= 15 is 0 Å². The Bertz CT molecular complexity index is 2450. The Labute approximate surface area is 303 Å². The van der Waals surface area contributed by atoms with Crippen molar-refractivity contribution in [3.8, 4) is 40.5 Å². The van der Waals surface area contributed by atoms with Gasteiger partial charge in [0.15, 0.2) is 11.5 Å². The van der Waals surface area contributed by atoms with Gasteiger partial charge in [0.1, 0.15) is 0 Å². The van der Waals surface area contributed by atoms with E-state index in [4.69, 9.17) is 14.2 Å². The van der Waals surface area contributed by atoms with E-state index in [2.05, 4.69) is 54.1 Å². The van der Waals surface area contributed by atoms with Crippen molar-refractivity contribution in [1.29, 1.82) is 10.5 Å². The minimum absolute atomic E-state index is 0.545. The van der Waals surface area contributed by atoms with Crippen LogP contribution in [0.4, 0.5) is 0 Å². The van der Waals surface area contributed by atoms with Crippen LogP contribution in [-0.2, 0) is 0 Å². The molecule has 0 radical (unpaired) electrons. The van der Waals surface area contributed by atoms with Crippen molar-refractivity contribution in [1.82, 2.24) is 19.9 Å². The van der Waals surface area contributed by atoms with Crippen molar-refractivity contribution in [2.24, 2.45) is 0 Å². The second kappa shape index (κ2) is 15.7. The summed E-state index contributed by atoms with van der Waals surface area (Å²) in [5, 5.41) is 21.2. The third kappa shape index (κ3) is 7.52. The van der Waals surface area contributed by atoms with Gasteiger partial charge in [0.2, 0.25) is 5.75 Å². The van der Waals surface area contributed by atoms with Crippen LogP contribution in [0.1, 0.15) is 22.3 Å². The maximum atomic E-state index is 9.80. The summed E-state index contributed by atoms with van der Waals surface area (Å²) in [7, 11) is 4.77. The molecule has 0 aliphatic heterocycles. The van der Waals surface area contributed by atoms with Crippen molar-refractivity contribution in [2.45, 2.75) is 0 Å². The number of H-pyrrole nitrogens is 2. The number of allylic oxidation sites excluding steroid dienone is 2. The molecule has 0 fully saturated rings. The Hall–Kier alpha value is -6.62. The quantitative estimate of drug-likeness (QED) is 0.149. The number of aromatic nitrogens is 4. The van der Waals surface area contributed by atoms with Gasteiger partial charge in [-0.2, -0.15) is 10.5 Å². The summed E-state index contributed by atoms with van der Waals surface area (Å²) >= 11 is 3.46. The van der Waals surface area contributed by atoms with Crippen LogP contribution in [0, 0.1) is 22.7 Å². The molecular weight excluding hydrogens is 704 g/mol. The fourth-order valence-corrected chi connectivity index (χ4v) is 6.04. The van der Waals surface area contributed by atoms with Gasteiger partial charge in [-0.3, -0.25) is 9.97 Å². The SMILES string of the molecule is COc1cc(-c2ccc3[nH]cc(/C(C#N)=C/c4cccnc4)c3c2)cc(OC)c1OC.N#C/C(=C\c1cccnc1)c1c[nH]c2ccc(Br)cc12. The summed E-state index contributed by atoms with van der Waals surface area (Å²) in [6.07, 6.45) is 14.3. The van der Waals surface area contributed by atoms with Crippen molar-refractivity contribution in [3.63, 3.8) is 0 Å². The molecule has 250 valence electrons. The Kier molecular flexibility index (Phi) is 10.6. The first-order chi connectivity index (χ1) is 25.0. The van der Waals surface area contributed by atoms with E-state index in [0.717, 1.165) is 59.7 Å². The van der Waals surface area contributed by atoms with Gasteiger partial charge < -0.3 is 24.2 Å². The number of nitrogens with one attached hydrogen (secondary N) is 2. The number of benzene rings is 3. The standard InChI is InChI=1S/C25H21N3O3.C16H10BrN3/c1-29-23-11-18(12-24(30-2)25(23)31-3)17-6-7-22-20(10-17)21(15-28-22)19(13-26)9-16-5-4-8-27-14-16;17-13-3-4-16-14(7-13)15(10-20-16)12(8-18)6-11-2-1-5-19-9-11/h4-12,14-15,28H,1-3H3;1-7,9-10,20H/b19-9+;12-6+. The Balaban J connectivity index is 0.000000193. The van der Waals surface area contributed by atoms with Crippen LogP contribution in [0.15, 0.2) is 114 Å². The first kappa shape index (κ1) is 34.3. The number of hydrogen-bond donors (Lipinski definition) is 2. The van der Waals surface area contributed by atoms with E-state index in [1.807, 2.05) is 91.3 Å². The highest BCUT2D eigenvalue weighted by atomic mass is 79.9. The Morgan fingerprint density at radius 2 is 1.20 bits per heavy atom. The highest BCUT2D eigenvalue weighted by molar-refractivity contribution is 9.10. The third-order valence-corrected chi connectivity index (χ3v) is 8.63. The summed E-state index contributed by atoms with van der Waals surface area (Å²) in [5.41, 5.74) is 8.51. The molecule has 4 heterocycles. The van der Waals surface area contributed by atoms with Gasteiger partial charge in [-0.1, -0.05) is 34.1 Å². The topological polar surface area (TPSA) is 133 Å². The molecule has 0 saturated heterocycles. The van der Waals surface area contributed by atoms with Crippen LogP contribution >= 0.6 is 15.9 Å². The molecule has 7 aromatic rings. The molecule has 2 N–H and O–H groups in total. The lowest BCUT2D eigenvalue weighted by Crippen LogP contribution is -1.95. The molecule has 0 bridgehead atoms. The summed E-state index contributed by atoms with van der Waals surface area (Å²) in [6.45, 7) is 0. The molecule has 3 aromatic carbocycles. The number of aromatic amines is 2. The first-order valence-electron chi connectivity index (χ1n) is 15.7. The van der Waals surface area contributed by atoms with Crippen LogP contribution in [0.2, 0.25) is 0 Å². The summed E-state index contributed by atoms with van der Waals surface area (Å²) in [5.74, 6) is 1.71. The second-order valence-corrected chi connectivity index (χ2v) is 12.1. The molecule has 4 aromatic heterocycles. The number of rotatable bonds is 8. The minimum Gasteiger partial charge on any atom is -0.493 e. The van der Waals surface area contributed by atoms with Gasteiger partial charge in [-0.05, 0) is 89.0 Å². The lowest BCUT2D eigenvalue weighted by atomic mass is 9.99. The number of hydrogen-bond acceptors (Lipinski definition) is 7. The van der Waals surface area contributed by atoms with E-state index in [0.29, 0.717) is 28.4 Å². The largest absolute Gasteiger partial charge is 0.493 e. The van der Waals surface area contributed by atoms with Crippen molar-refractivity contribution in [2.75, 3.05) is 21.3 Å². The van der Waals surface area contributed by atoms with E-state index in [9.17, 15) is 10.5 Å². The number of pyridine rings is 2. The predicted octanol–water partition coefficient (Wildman–Crippen LogP) is 9.71. The fourth-order valence-electron chi connectivity index (χ4n) is 5.68. The molecule has 0 saturated carbocycles. The zero-order valence-corrected chi connectivity index (χ0v) is 29.5. The Morgan fingerprint density at radius 1 is 0.667 bits per heavy atom. The summed E-state index contributed by atoms with van der Waals surface area (Å²) < 4.78 is 17.4. The molecule has 51 heavy (non-hydrogen) atoms. The third-order valence-electron chi connectivity index (χ3n) is 8.14. The lowest BCUT2D eigenvalue weighted by molar-refractivity contribution is 0.324. The van der Waals surface area contributed by atoms with Crippen LogP contribution in [-0.4, -0.2) is 41.3 Å². The smallest absolute Gasteiger partial charge is 0.203 e. The van der Waals surface area contributed by atoms with Crippen LogP contribution in [0.3, 0.4) is 0 Å². The number of methoxy groups -OCH3 is 3. The first-order valence-corrected chi connectivity index (χ1v) is 16.5. The maximum absolute atomic E-state index is 9.80. The molecule has 0 aliphatic rings. The summed E-state index contributed by atoms with van der Waals surface area (Å²) in [6, 6.07) is 28.0. The van der Waals surface area contributed by atoms with Crippen molar-refractivity contribution in [3.05, 3.63) is 137 Å². The molecule has 0 unspecified atom stereocenters. The molecule has 9 nitrogen and oxygen atoms in total. The predicted molar refractivity (Wildman–Crippen MR) is 205 cm³/mol. The van der Waals surface area contributed by atoms with E-state index in [-0.39, 0.29) is 0 Å². The molecule has 0 atom stereocenters. The molecule has 0 spiro atoms. The highest BCUT2D eigenvalue weighted by Crippen LogP contribution is 2.42. The maximum Gasteiger partial charge on any atom is 0.203 e. The number of fused-ring (bicyclic) bond motifs is 2. The monoisotopic (exact) mass is 734 g/mol. The van der Waals surface area contributed by atoms with E-state index in [1.54, 1.807) is 46.1 Å². The number of halogens is 1. The molecule has 7 rings (SSSR count). The number of ether oxygens (including phenoxy) is 3. The summed E-state index contributed by atoms with van der Waals surface area (Å²) in [4.78, 5) is 14.6. The average Bonchev–Trinajstić information content (AvgIpc) is 3.80. The molecule has 10 heteroatoms. The Morgan fingerprint density at radius 3 is 1.67 bits per heavy atom. The second-order valence-electron chi connectivity index (χ2n) is 11.2. The van der Waals surface area contributed by atoms with Gasteiger partial charge in [0.05, 0.1) is 44.6 Å². The van der Waals surface area contributed by atoms with Gasteiger partial charge in [0.25, 0.3) is 0 Å². The van der Waals surface area contributed by atoms with Gasteiger partial charge in [-0.25, -0.2) is 0 Å². The van der Waals surface area contributed by atoms with Crippen LogP contribution in [0.5, 0.6) is 17.2 Å². The van der Waals surface area contributed by atoms with Gasteiger partial charge >= 0.3 is 0 Å². The molecule has 0 aliphatic carbocycles. The zero-order valence-electron chi connectivity index (χ0n) is 27.9. The fraction of sp³-hybridized carbons (Fsp3) is 0.0732. The van der Waals surface area contributed by atoms with Crippen LogP contribution in [0.25, 0.3) is 56.2 Å². The average molecular weight is 736 g/mol.